The monoisotopic (exact) mass is 289 g/mol. The Morgan fingerprint density at radius 3 is 2.76 bits per heavy atom. The predicted molar refractivity (Wildman–Crippen MR) is 73.9 cm³/mol. The molecule has 0 aliphatic carbocycles. The molecule has 3 N–H and O–H groups in total. The van der Waals surface area contributed by atoms with Crippen LogP contribution in [0.1, 0.15) is 6.92 Å². The third-order valence-corrected chi connectivity index (χ3v) is 2.40. The average Bonchev–Trinajstić information content (AvgIpc) is 2.40. The molecule has 21 heavy (non-hydrogen) atoms. The minimum Gasteiger partial charge on any atom is -0.431 e. The van der Waals surface area contributed by atoms with E-state index in [1.54, 1.807) is 18.2 Å². The Morgan fingerprint density at radius 2 is 2.10 bits per heavy atom. The Labute approximate surface area is 118 Å². The number of para-hydroxylation sites is 2. The number of hydrogen-bond acceptors (Lipinski definition) is 7. The quantitative estimate of drug-likeness (QED) is 0.646. The molecule has 1 amide bonds. The SMILES string of the molecule is CC(=O)Nc1ccccc1Oc1ncnc(N)c1[N+](=O)[O-]. The van der Waals surface area contributed by atoms with Crippen LogP contribution >= 0.6 is 0 Å². The number of aromatic nitrogens is 2. The Kier molecular flexibility index (Phi) is 3.93. The first-order valence-corrected chi connectivity index (χ1v) is 5.78. The number of anilines is 2. The second-order valence-corrected chi connectivity index (χ2v) is 3.95. The molecule has 0 radical (unpaired) electrons. The average molecular weight is 289 g/mol. The standard InChI is InChI=1S/C12H11N5O4/c1-7(18)16-8-4-2-3-5-9(8)21-12-10(17(19)20)11(13)14-6-15-12/h2-6H,1H3,(H,16,18)(H2,13,14,15). The molecule has 0 fully saturated rings. The highest BCUT2D eigenvalue weighted by Crippen LogP contribution is 2.35. The molecule has 9 heteroatoms. The molecule has 0 unspecified atom stereocenters. The minimum atomic E-state index is -0.730. The lowest BCUT2D eigenvalue weighted by atomic mass is 10.3. The molecule has 0 atom stereocenters. The van der Waals surface area contributed by atoms with Gasteiger partial charge in [-0.2, -0.15) is 4.98 Å². The topological polar surface area (TPSA) is 133 Å². The zero-order valence-electron chi connectivity index (χ0n) is 10.9. The first-order chi connectivity index (χ1) is 9.99. The number of carbonyl (C=O) groups excluding carboxylic acids is 1. The largest absolute Gasteiger partial charge is 0.431 e. The molecular weight excluding hydrogens is 278 g/mol. The second kappa shape index (κ2) is 5.82. The summed E-state index contributed by atoms with van der Waals surface area (Å²) in [7, 11) is 0. The summed E-state index contributed by atoms with van der Waals surface area (Å²) in [6.45, 7) is 1.34. The van der Waals surface area contributed by atoms with Gasteiger partial charge in [-0.05, 0) is 12.1 Å². The maximum absolute atomic E-state index is 11.1. The Bertz CT molecular complexity index is 704. The fourth-order valence-corrected chi connectivity index (χ4v) is 1.57. The summed E-state index contributed by atoms with van der Waals surface area (Å²) < 4.78 is 5.40. The van der Waals surface area contributed by atoms with E-state index in [1.807, 2.05) is 0 Å². The number of rotatable bonds is 4. The number of ether oxygens (including phenoxy) is 1. The van der Waals surface area contributed by atoms with Crippen molar-refractivity contribution in [1.82, 2.24) is 9.97 Å². The number of nitro groups is 1. The molecule has 0 aliphatic rings. The van der Waals surface area contributed by atoms with E-state index < -0.39 is 10.6 Å². The smallest absolute Gasteiger partial charge is 0.372 e. The second-order valence-electron chi connectivity index (χ2n) is 3.95. The van der Waals surface area contributed by atoms with E-state index in [0.717, 1.165) is 6.33 Å². The van der Waals surface area contributed by atoms with Crippen LogP contribution in [0.2, 0.25) is 0 Å². The van der Waals surface area contributed by atoms with E-state index in [9.17, 15) is 14.9 Å². The van der Waals surface area contributed by atoms with Crippen LogP contribution in [0.25, 0.3) is 0 Å². The number of benzene rings is 1. The highest BCUT2D eigenvalue weighted by atomic mass is 16.6. The molecule has 0 aliphatic heterocycles. The van der Waals surface area contributed by atoms with Crippen molar-refractivity contribution in [3.63, 3.8) is 0 Å². The lowest BCUT2D eigenvalue weighted by Gasteiger charge is -2.10. The van der Waals surface area contributed by atoms with Crippen LogP contribution in [0.15, 0.2) is 30.6 Å². The van der Waals surface area contributed by atoms with Crippen LogP contribution < -0.4 is 15.8 Å². The Balaban J connectivity index is 2.42. The van der Waals surface area contributed by atoms with Crippen LogP contribution in [0.3, 0.4) is 0 Å². The summed E-state index contributed by atoms with van der Waals surface area (Å²) in [6, 6.07) is 6.46. The van der Waals surface area contributed by atoms with Gasteiger partial charge in [0, 0.05) is 6.92 Å². The van der Waals surface area contributed by atoms with Gasteiger partial charge in [-0.15, -0.1) is 0 Å². The molecule has 2 aromatic rings. The van der Waals surface area contributed by atoms with Gasteiger partial charge in [0.15, 0.2) is 5.75 Å². The Morgan fingerprint density at radius 1 is 1.38 bits per heavy atom. The summed E-state index contributed by atoms with van der Waals surface area (Å²) >= 11 is 0. The summed E-state index contributed by atoms with van der Waals surface area (Å²) in [5.41, 5.74) is 5.28. The lowest BCUT2D eigenvalue weighted by molar-refractivity contribution is -0.385. The van der Waals surface area contributed by atoms with Crippen molar-refractivity contribution >= 4 is 23.1 Å². The van der Waals surface area contributed by atoms with Gasteiger partial charge in [0.1, 0.15) is 6.33 Å². The van der Waals surface area contributed by atoms with E-state index in [4.69, 9.17) is 10.5 Å². The van der Waals surface area contributed by atoms with Crippen molar-refractivity contribution in [2.75, 3.05) is 11.1 Å². The molecule has 9 nitrogen and oxygen atoms in total. The summed E-state index contributed by atoms with van der Waals surface area (Å²) in [4.78, 5) is 28.6. The molecule has 0 saturated heterocycles. The number of amides is 1. The van der Waals surface area contributed by atoms with E-state index in [0.29, 0.717) is 5.69 Å². The van der Waals surface area contributed by atoms with E-state index in [-0.39, 0.29) is 23.4 Å². The minimum absolute atomic E-state index is 0.203. The normalized spacial score (nSPS) is 9.95. The highest BCUT2D eigenvalue weighted by molar-refractivity contribution is 5.90. The van der Waals surface area contributed by atoms with Gasteiger partial charge in [-0.3, -0.25) is 14.9 Å². The number of nitrogens with zero attached hydrogens (tertiary/aromatic N) is 3. The molecule has 2 rings (SSSR count). The maximum Gasteiger partial charge on any atom is 0.372 e. The number of carbonyl (C=O) groups is 1. The first-order valence-electron chi connectivity index (χ1n) is 5.78. The summed E-state index contributed by atoms with van der Waals surface area (Å²) in [5.74, 6) is -0.705. The molecule has 0 spiro atoms. The molecule has 1 aromatic heterocycles. The summed E-state index contributed by atoms with van der Waals surface area (Å²) in [6.07, 6.45) is 1.05. The maximum atomic E-state index is 11.1. The third kappa shape index (κ3) is 3.21. The van der Waals surface area contributed by atoms with E-state index in [2.05, 4.69) is 15.3 Å². The van der Waals surface area contributed by atoms with Crippen molar-refractivity contribution in [2.45, 2.75) is 6.92 Å². The zero-order valence-corrected chi connectivity index (χ0v) is 10.9. The van der Waals surface area contributed by atoms with Gasteiger partial charge >= 0.3 is 11.6 Å². The van der Waals surface area contributed by atoms with Crippen LogP contribution in [-0.4, -0.2) is 20.8 Å². The fraction of sp³-hybridized carbons (Fsp3) is 0.0833. The lowest BCUT2D eigenvalue weighted by Crippen LogP contribution is -2.08. The number of hydrogen-bond donors (Lipinski definition) is 2. The van der Waals surface area contributed by atoms with Crippen molar-refractivity contribution in [3.8, 4) is 11.6 Å². The van der Waals surface area contributed by atoms with Crippen molar-refractivity contribution in [1.29, 1.82) is 0 Å². The van der Waals surface area contributed by atoms with Crippen LogP contribution in [0.5, 0.6) is 11.6 Å². The van der Waals surface area contributed by atoms with Crippen LogP contribution in [0, 0.1) is 10.1 Å². The summed E-state index contributed by atoms with van der Waals surface area (Å²) in [5, 5.41) is 13.5. The van der Waals surface area contributed by atoms with E-state index in [1.165, 1.54) is 13.0 Å². The predicted octanol–water partition coefficient (Wildman–Crippen LogP) is 1.72. The highest BCUT2D eigenvalue weighted by Gasteiger charge is 2.23. The van der Waals surface area contributed by atoms with Gasteiger partial charge in [0.05, 0.1) is 10.6 Å². The van der Waals surface area contributed by atoms with Crippen molar-refractivity contribution in [3.05, 3.63) is 40.7 Å². The van der Waals surface area contributed by atoms with Crippen molar-refractivity contribution < 1.29 is 14.5 Å². The van der Waals surface area contributed by atoms with Crippen LogP contribution in [0.4, 0.5) is 17.2 Å². The van der Waals surface area contributed by atoms with Crippen LogP contribution in [-0.2, 0) is 4.79 Å². The van der Waals surface area contributed by atoms with Gasteiger partial charge < -0.3 is 15.8 Å². The number of nitrogens with two attached hydrogens (primary N) is 1. The molecule has 1 heterocycles. The fourth-order valence-electron chi connectivity index (χ4n) is 1.57. The van der Waals surface area contributed by atoms with Gasteiger partial charge in [-0.25, -0.2) is 4.98 Å². The third-order valence-electron chi connectivity index (χ3n) is 2.40. The van der Waals surface area contributed by atoms with Crippen molar-refractivity contribution in [2.24, 2.45) is 0 Å². The van der Waals surface area contributed by atoms with Gasteiger partial charge in [0.25, 0.3) is 0 Å². The first kappa shape index (κ1) is 14.2. The molecular formula is C12H11N5O4. The molecule has 1 aromatic carbocycles. The molecule has 108 valence electrons. The molecule has 0 saturated carbocycles. The zero-order chi connectivity index (χ0) is 15.4. The number of nitrogen functional groups attached to an aromatic ring is 1. The van der Waals surface area contributed by atoms with E-state index >= 15 is 0 Å². The Hall–Kier alpha value is -3.23. The van der Waals surface area contributed by atoms with Gasteiger partial charge in [-0.1, -0.05) is 12.1 Å². The molecule has 0 bridgehead atoms. The van der Waals surface area contributed by atoms with Gasteiger partial charge in [0.2, 0.25) is 11.7 Å². The number of nitrogens with one attached hydrogen (secondary N) is 1.